The zero-order valence-electron chi connectivity index (χ0n) is 18.7. The Morgan fingerprint density at radius 1 is 1.10 bits per heavy atom. The fourth-order valence-corrected chi connectivity index (χ4v) is 3.28. The molecule has 0 spiro atoms. The molecule has 3 aromatic rings. The van der Waals surface area contributed by atoms with Crippen molar-refractivity contribution < 1.29 is 14.3 Å². The molecule has 166 valence electrons. The molecule has 10 heteroatoms. The van der Waals surface area contributed by atoms with Gasteiger partial charge in [0.1, 0.15) is 5.82 Å². The quantitative estimate of drug-likeness (QED) is 0.469. The largest absolute Gasteiger partial charge is 0.478 e. The highest BCUT2D eigenvalue weighted by Gasteiger charge is 2.16. The Balaban J connectivity index is 1.75. The lowest BCUT2D eigenvalue weighted by Crippen LogP contribution is -2.34. The summed E-state index contributed by atoms with van der Waals surface area (Å²) in [7, 11) is 1.85. The van der Waals surface area contributed by atoms with Crippen LogP contribution < -0.4 is 25.6 Å². The number of aryl methyl sites for hydroxylation is 2. The van der Waals surface area contributed by atoms with Crippen molar-refractivity contribution in [1.82, 2.24) is 25.2 Å². The predicted octanol–water partition coefficient (Wildman–Crippen LogP) is 3.74. The number of amides is 2. The van der Waals surface area contributed by atoms with Crippen LogP contribution in [0.25, 0.3) is 11.0 Å². The molecule has 0 aliphatic carbocycles. The maximum absolute atomic E-state index is 12.4. The number of nitrogens with zero attached hydrogens (tertiary/aromatic N) is 4. The van der Waals surface area contributed by atoms with Gasteiger partial charge in [-0.15, -0.1) is 0 Å². The van der Waals surface area contributed by atoms with E-state index < -0.39 is 6.03 Å². The van der Waals surface area contributed by atoms with Crippen LogP contribution in [-0.4, -0.2) is 39.0 Å². The van der Waals surface area contributed by atoms with Crippen molar-refractivity contribution in [3.05, 3.63) is 29.5 Å². The molecular weight excluding hydrogens is 398 g/mol. The van der Waals surface area contributed by atoms with Crippen molar-refractivity contribution in [2.75, 3.05) is 24.0 Å². The second-order valence-electron chi connectivity index (χ2n) is 7.26. The van der Waals surface area contributed by atoms with Crippen LogP contribution in [0.5, 0.6) is 11.8 Å². The summed E-state index contributed by atoms with van der Waals surface area (Å²) in [5, 5.41) is 8.25. The van der Waals surface area contributed by atoms with Crippen molar-refractivity contribution in [3.8, 4) is 11.8 Å². The standard InChI is InChI=1S/C21H29N7O3/c1-7-30-17-9-14(10-18(24-17)31-8-2)22-21(29)26-25-16-11-15(12(3)4)19-13(5)27-28(6)20(19)23-16/h9-12H,7-8H2,1-6H3,(H,23,25)(H2,22,24,26,29). The van der Waals surface area contributed by atoms with Gasteiger partial charge >= 0.3 is 6.03 Å². The van der Waals surface area contributed by atoms with E-state index >= 15 is 0 Å². The van der Waals surface area contributed by atoms with Gasteiger partial charge in [0.25, 0.3) is 0 Å². The number of aromatic nitrogens is 4. The first-order chi connectivity index (χ1) is 14.8. The Labute approximate surface area is 181 Å². The van der Waals surface area contributed by atoms with Crippen molar-refractivity contribution in [1.29, 1.82) is 0 Å². The molecule has 0 radical (unpaired) electrons. The third-order valence-corrected chi connectivity index (χ3v) is 4.55. The Kier molecular flexibility index (Phi) is 6.78. The number of hydrazine groups is 1. The minimum atomic E-state index is -0.467. The Hall–Kier alpha value is -3.56. The van der Waals surface area contributed by atoms with E-state index in [-0.39, 0.29) is 5.92 Å². The lowest BCUT2D eigenvalue weighted by Gasteiger charge is -2.14. The van der Waals surface area contributed by atoms with E-state index in [1.165, 1.54) is 0 Å². The van der Waals surface area contributed by atoms with Crippen LogP contribution in [0.3, 0.4) is 0 Å². The van der Waals surface area contributed by atoms with E-state index in [1.807, 2.05) is 33.9 Å². The molecule has 0 bridgehead atoms. The van der Waals surface area contributed by atoms with Gasteiger partial charge in [0.05, 0.1) is 24.6 Å². The third kappa shape index (κ3) is 5.14. The van der Waals surface area contributed by atoms with Gasteiger partial charge in [0.2, 0.25) is 11.8 Å². The molecule has 2 amide bonds. The van der Waals surface area contributed by atoms with E-state index in [0.29, 0.717) is 36.5 Å². The van der Waals surface area contributed by atoms with Gasteiger partial charge < -0.3 is 14.8 Å². The summed E-state index contributed by atoms with van der Waals surface area (Å²) in [5.74, 6) is 1.54. The number of carbonyl (C=O) groups excluding carboxylic acids is 1. The van der Waals surface area contributed by atoms with Gasteiger partial charge in [0.15, 0.2) is 5.65 Å². The number of carbonyl (C=O) groups is 1. The van der Waals surface area contributed by atoms with Crippen molar-refractivity contribution in [2.24, 2.45) is 7.05 Å². The first-order valence-corrected chi connectivity index (χ1v) is 10.3. The highest BCUT2D eigenvalue weighted by atomic mass is 16.5. The number of fused-ring (bicyclic) bond motifs is 1. The molecule has 10 nitrogen and oxygen atoms in total. The predicted molar refractivity (Wildman–Crippen MR) is 120 cm³/mol. The van der Waals surface area contributed by atoms with Crippen LogP contribution in [0, 0.1) is 6.92 Å². The average molecular weight is 428 g/mol. The number of pyridine rings is 2. The molecule has 0 aromatic carbocycles. The van der Waals surface area contributed by atoms with Gasteiger partial charge in [-0.3, -0.25) is 15.5 Å². The highest BCUT2D eigenvalue weighted by molar-refractivity contribution is 5.90. The number of ether oxygens (including phenoxy) is 2. The van der Waals surface area contributed by atoms with E-state index in [1.54, 1.807) is 16.8 Å². The van der Waals surface area contributed by atoms with E-state index in [0.717, 1.165) is 22.3 Å². The molecule has 3 N–H and O–H groups in total. The highest BCUT2D eigenvalue weighted by Crippen LogP contribution is 2.29. The molecule has 0 fully saturated rings. The molecular formula is C21H29N7O3. The third-order valence-electron chi connectivity index (χ3n) is 4.55. The average Bonchev–Trinajstić information content (AvgIpc) is 3.00. The number of urea groups is 1. The zero-order chi connectivity index (χ0) is 22.5. The van der Waals surface area contributed by atoms with Crippen LogP contribution >= 0.6 is 0 Å². The molecule has 3 aromatic heterocycles. The number of anilines is 2. The Morgan fingerprint density at radius 3 is 2.32 bits per heavy atom. The smallest absolute Gasteiger partial charge is 0.337 e. The Morgan fingerprint density at radius 2 is 1.74 bits per heavy atom. The first kappa shape index (κ1) is 22.1. The topological polar surface area (TPSA) is 115 Å². The molecule has 0 aliphatic heterocycles. The molecule has 0 aliphatic rings. The lowest BCUT2D eigenvalue weighted by atomic mass is 10.00. The fourth-order valence-electron chi connectivity index (χ4n) is 3.28. The number of hydrogen-bond donors (Lipinski definition) is 3. The van der Waals surface area contributed by atoms with Gasteiger partial charge in [0, 0.05) is 24.6 Å². The monoisotopic (exact) mass is 427 g/mol. The molecule has 0 atom stereocenters. The van der Waals surface area contributed by atoms with Crippen LogP contribution in [0.2, 0.25) is 0 Å². The minimum absolute atomic E-state index is 0.272. The number of nitrogens with one attached hydrogen (secondary N) is 3. The summed E-state index contributed by atoms with van der Waals surface area (Å²) in [5.41, 5.74) is 8.78. The van der Waals surface area contributed by atoms with Crippen molar-refractivity contribution in [2.45, 2.75) is 40.5 Å². The van der Waals surface area contributed by atoms with E-state index in [4.69, 9.17) is 9.47 Å². The maximum Gasteiger partial charge on any atom is 0.337 e. The van der Waals surface area contributed by atoms with Crippen LogP contribution in [0.4, 0.5) is 16.3 Å². The molecule has 3 heterocycles. The second-order valence-corrected chi connectivity index (χ2v) is 7.26. The van der Waals surface area contributed by atoms with Crippen molar-refractivity contribution >= 4 is 28.6 Å². The summed E-state index contributed by atoms with van der Waals surface area (Å²) in [6.45, 7) is 10.8. The molecule has 0 saturated carbocycles. The van der Waals surface area contributed by atoms with Crippen LogP contribution in [0.1, 0.15) is 44.9 Å². The maximum atomic E-state index is 12.4. The molecule has 31 heavy (non-hydrogen) atoms. The second kappa shape index (κ2) is 9.50. The van der Waals surface area contributed by atoms with E-state index in [2.05, 4.69) is 45.1 Å². The lowest BCUT2D eigenvalue weighted by molar-refractivity contribution is 0.253. The summed E-state index contributed by atoms with van der Waals surface area (Å²) in [6.07, 6.45) is 0. The normalized spacial score (nSPS) is 10.9. The summed E-state index contributed by atoms with van der Waals surface area (Å²) >= 11 is 0. The van der Waals surface area contributed by atoms with Gasteiger partial charge in [-0.1, -0.05) is 13.8 Å². The van der Waals surface area contributed by atoms with Gasteiger partial charge in [-0.25, -0.2) is 9.78 Å². The summed E-state index contributed by atoms with van der Waals surface area (Å²) in [4.78, 5) is 21.3. The molecule has 0 saturated heterocycles. The first-order valence-electron chi connectivity index (χ1n) is 10.3. The molecule has 0 unspecified atom stereocenters. The molecule has 3 rings (SSSR count). The minimum Gasteiger partial charge on any atom is -0.478 e. The number of rotatable bonds is 8. The Bertz CT molecular complexity index is 1050. The van der Waals surface area contributed by atoms with Gasteiger partial charge in [-0.2, -0.15) is 10.1 Å². The van der Waals surface area contributed by atoms with E-state index in [9.17, 15) is 4.79 Å². The van der Waals surface area contributed by atoms with Crippen LogP contribution in [0.15, 0.2) is 18.2 Å². The number of hydrogen-bond acceptors (Lipinski definition) is 7. The van der Waals surface area contributed by atoms with Crippen LogP contribution in [-0.2, 0) is 7.05 Å². The summed E-state index contributed by atoms with van der Waals surface area (Å²) < 4.78 is 12.6. The van der Waals surface area contributed by atoms with Crippen molar-refractivity contribution in [3.63, 3.8) is 0 Å². The fraction of sp³-hybridized carbons (Fsp3) is 0.429. The summed E-state index contributed by atoms with van der Waals surface area (Å²) in [6, 6.07) is 4.72. The van der Waals surface area contributed by atoms with Gasteiger partial charge in [-0.05, 0) is 38.3 Å². The zero-order valence-corrected chi connectivity index (χ0v) is 18.7. The SMILES string of the molecule is CCOc1cc(NC(=O)NNc2cc(C(C)C)c3c(C)nn(C)c3n2)cc(OCC)n1.